The third kappa shape index (κ3) is 4.16. The molecule has 150 valence electrons. The van der Waals surface area contributed by atoms with Crippen molar-refractivity contribution in [2.24, 2.45) is 0 Å². The number of unbranched alkanes of at least 4 members (excludes halogenated alkanes) is 2. The molecule has 2 rings (SSSR count). The zero-order valence-corrected chi connectivity index (χ0v) is 16.1. The van der Waals surface area contributed by atoms with Crippen LogP contribution in [-0.4, -0.2) is 33.7 Å². The lowest BCUT2D eigenvalue weighted by atomic mass is 9.89. The fraction of sp³-hybridized carbons (Fsp3) is 0.350. The van der Waals surface area contributed by atoms with Gasteiger partial charge in [-0.3, -0.25) is 4.79 Å². The predicted molar refractivity (Wildman–Crippen MR) is 105 cm³/mol. The normalized spacial score (nSPS) is 10.7. The number of pyridine rings is 1. The molecule has 0 unspecified atom stereocenters. The number of carboxylic acid groups (broad SMARTS) is 2. The van der Waals surface area contributed by atoms with Crippen molar-refractivity contribution in [3.05, 3.63) is 44.7 Å². The molecule has 0 saturated heterocycles. The van der Waals surface area contributed by atoms with Gasteiger partial charge in [0.2, 0.25) is 0 Å². The number of nitrogens with one attached hydrogen (secondary N) is 1. The van der Waals surface area contributed by atoms with Gasteiger partial charge in [0.15, 0.2) is 0 Å². The lowest BCUT2D eigenvalue weighted by molar-refractivity contribution is 0.0695. The van der Waals surface area contributed by atoms with Crippen molar-refractivity contribution in [2.45, 2.75) is 40.0 Å². The molecular weight excluding hydrogens is 364 g/mol. The van der Waals surface area contributed by atoms with Gasteiger partial charge in [0, 0.05) is 5.56 Å². The summed E-state index contributed by atoms with van der Waals surface area (Å²) >= 11 is 0. The largest absolute Gasteiger partial charge is 0.494 e. The summed E-state index contributed by atoms with van der Waals surface area (Å²) in [5, 5.41) is 19.1. The van der Waals surface area contributed by atoms with Crippen LogP contribution in [-0.2, 0) is 0 Å². The zero-order valence-electron chi connectivity index (χ0n) is 16.1. The van der Waals surface area contributed by atoms with E-state index in [-0.39, 0.29) is 5.56 Å². The molecule has 0 fully saturated rings. The Bertz CT molecular complexity index is 954. The van der Waals surface area contributed by atoms with Crippen LogP contribution in [0.25, 0.3) is 11.1 Å². The van der Waals surface area contributed by atoms with E-state index in [4.69, 9.17) is 10.5 Å². The summed E-state index contributed by atoms with van der Waals surface area (Å²) in [5.74, 6) is -2.75. The molecule has 8 heteroatoms. The molecule has 0 spiro atoms. The second-order valence-corrected chi connectivity index (χ2v) is 6.59. The number of anilines is 1. The fourth-order valence-electron chi connectivity index (χ4n) is 3.24. The first kappa shape index (κ1) is 21.0. The van der Waals surface area contributed by atoms with Gasteiger partial charge >= 0.3 is 11.9 Å². The number of hydrogen-bond acceptors (Lipinski definition) is 5. The highest BCUT2D eigenvalue weighted by molar-refractivity contribution is 6.08. The molecule has 0 bridgehead atoms. The van der Waals surface area contributed by atoms with E-state index in [2.05, 4.69) is 11.9 Å². The van der Waals surface area contributed by atoms with Crippen molar-refractivity contribution >= 4 is 17.8 Å². The number of rotatable bonds is 8. The van der Waals surface area contributed by atoms with E-state index in [1.54, 1.807) is 26.0 Å². The average Bonchev–Trinajstić information content (AvgIpc) is 2.57. The number of benzene rings is 1. The highest BCUT2D eigenvalue weighted by Gasteiger charge is 2.28. The second kappa shape index (κ2) is 8.60. The van der Waals surface area contributed by atoms with Crippen molar-refractivity contribution < 1.29 is 24.5 Å². The molecular formula is C20H24N2O6. The van der Waals surface area contributed by atoms with Crippen molar-refractivity contribution in [3.63, 3.8) is 0 Å². The molecule has 0 radical (unpaired) electrons. The minimum Gasteiger partial charge on any atom is -0.494 e. The Morgan fingerprint density at radius 3 is 2.11 bits per heavy atom. The van der Waals surface area contributed by atoms with Gasteiger partial charge < -0.3 is 25.7 Å². The summed E-state index contributed by atoms with van der Waals surface area (Å²) in [5.41, 5.74) is 4.95. The maximum atomic E-state index is 12.2. The van der Waals surface area contributed by atoms with Gasteiger partial charge in [0.25, 0.3) is 5.56 Å². The number of nitrogen functional groups attached to an aromatic ring is 1. The summed E-state index contributed by atoms with van der Waals surface area (Å²) in [6.45, 7) is 6.05. The Hall–Kier alpha value is -3.29. The van der Waals surface area contributed by atoms with Crippen LogP contribution in [0.1, 0.15) is 58.0 Å². The Balaban J connectivity index is 2.69. The lowest BCUT2D eigenvalue weighted by Gasteiger charge is -2.18. The van der Waals surface area contributed by atoms with Crippen LogP contribution in [0.3, 0.4) is 0 Å². The lowest BCUT2D eigenvalue weighted by Crippen LogP contribution is -2.24. The SMILES string of the molecule is CCCCCOc1cc(C)c(-c2c(C(=O)O)c(N)[nH]c(=O)c2C(=O)O)c(C)c1. The van der Waals surface area contributed by atoms with Crippen LogP contribution in [0.2, 0.25) is 0 Å². The minimum absolute atomic E-state index is 0.200. The highest BCUT2D eigenvalue weighted by atomic mass is 16.5. The van der Waals surface area contributed by atoms with E-state index in [0.29, 0.717) is 29.0 Å². The van der Waals surface area contributed by atoms with Gasteiger partial charge in [0.1, 0.15) is 22.7 Å². The number of hydrogen-bond donors (Lipinski definition) is 4. The zero-order chi connectivity index (χ0) is 21.0. The molecule has 0 aliphatic carbocycles. The Morgan fingerprint density at radius 2 is 1.61 bits per heavy atom. The van der Waals surface area contributed by atoms with Gasteiger partial charge in [-0.1, -0.05) is 19.8 Å². The van der Waals surface area contributed by atoms with E-state index < -0.39 is 34.4 Å². The number of carboxylic acids is 2. The summed E-state index contributed by atoms with van der Waals surface area (Å²) in [6, 6.07) is 3.39. The molecule has 1 heterocycles. The van der Waals surface area contributed by atoms with E-state index in [1.807, 2.05) is 0 Å². The summed E-state index contributed by atoms with van der Waals surface area (Å²) in [7, 11) is 0. The third-order valence-corrected chi connectivity index (χ3v) is 4.45. The standard InChI is InChI=1S/C20H24N2O6/c1-4-5-6-7-28-12-8-10(2)13(11(3)9-12)14-15(19(24)25)17(21)22-18(23)16(14)20(26)27/h8-9H,4-7H2,1-3H3,(H,24,25)(H,26,27)(H3,21,22,23). The van der Waals surface area contributed by atoms with Gasteiger partial charge in [-0.2, -0.15) is 0 Å². The molecule has 5 N–H and O–H groups in total. The van der Waals surface area contributed by atoms with E-state index in [1.165, 1.54) is 0 Å². The minimum atomic E-state index is -1.53. The Kier molecular flexibility index (Phi) is 6.45. The first-order valence-corrected chi connectivity index (χ1v) is 8.95. The Labute approximate surface area is 162 Å². The van der Waals surface area contributed by atoms with E-state index in [0.717, 1.165) is 19.3 Å². The van der Waals surface area contributed by atoms with E-state index >= 15 is 0 Å². The average molecular weight is 388 g/mol. The van der Waals surface area contributed by atoms with Crippen LogP contribution in [0.15, 0.2) is 16.9 Å². The van der Waals surface area contributed by atoms with Crippen molar-refractivity contribution in [3.8, 4) is 16.9 Å². The molecule has 0 saturated carbocycles. The summed E-state index contributed by atoms with van der Waals surface area (Å²) in [4.78, 5) is 37.8. The maximum absolute atomic E-state index is 12.2. The number of ether oxygens (including phenoxy) is 1. The number of nitrogens with two attached hydrogens (primary N) is 1. The third-order valence-electron chi connectivity index (χ3n) is 4.45. The smallest absolute Gasteiger partial charge is 0.342 e. The molecule has 2 aromatic rings. The molecule has 0 aliphatic heterocycles. The molecule has 0 amide bonds. The van der Waals surface area contributed by atoms with E-state index in [9.17, 15) is 24.6 Å². The number of carbonyl (C=O) groups is 2. The van der Waals surface area contributed by atoms with Crippen molar-refractivity contribution in [2.75, 3.05) is 12.3 Å². The molecule has 1 aromatic carbocycles. The quantitative estimate of drug-likeness (QED) is 0.508. The number of aryl methyl sites for hydroxylation is 2. The van der Waals surface area contributed by atoms with Crippen LogP contribution in [0.4, 0.5) is 5.82 Å². The number of aromatic amines is 1. The molecule has 1 aromatic heterocycles. The van der Waals surface area contributed by atoms with Crippen LogP contribution in [0.5, 0.6) is 5.75 Å². The number of aromatic nitrogens is 1. The summed E-state index contributed by atoms with van der Waals surface area (Å²) in [6.07, 6.45) is 3.03. The van der Waals surface area contributed by atoms with Crippen molar-refractivity contribution in [1.29, 1.82) is 0 Å². The van der Waals surface area contributed by atoms with Gasteiger partial charge in [-0.25, -0.2) is 9.59 Å². The van der Waals surface area contributed by atoms with Crippen LogP contribution in [0, 0.1) is 13.8 Å². The molecule has 0 aliphatic rings. The number of H-pyrrole nitrogens is 1. The van der Waals surface area contributed by atoms with Crippen molar-refractivity contribution in [1.82, 2.24) is 4.98 Å². The maximum Gasteiger partial charge on any atom is 0.342 e. The topological polar surface area (TPSA) is 143 Å². The first-order valence-electron chi connectivity index (χ1n) is 8.95. The molecule has 8 nitrogen and oxygen atoms in total. The van der Waals surface area contributed by atoms with Gasteiger partial charge in [0.05, 0.1) is 6.61 Å². The second-order valence-electron chi connectivity index (χ2n) is 6.59. The fourth-order valence-corrected chi connectivity index (χ4v) is 3.24. The predicted octanol–water partition coefficient (Wildman–Crippen LogP) is 3.21. The summed E-state index contributed by atoms with van der Waals surface area (Å²) < 4.78 is 5.74. The monoisotopic (exact) mass is 388 g/mol. The molecule has 28 heavy (non-hydrogen) atoms. The van der Waals surface area contributed by atoms with Gasteiger partial charge in [-0.15, -0.1) is 0 Å². The molecule has 0 atom stereocenters. The highest BCUT2D eigenvalue weighted by Crippen LogP contribution is 2.36. The van der Waals surface area contributed by atoms with Gasteiger partial charge in [-0.05, 0) is 49.1 Å². The van der Waals surface area contributed by atoms with Crippen LogP contribution >= 0.6 is 0 Å². The Morgan fingerprint density at radius 1 is 1.04 bits per heavy atom. The van der Waals surface area contributed by atoms with Crippen LogP contribution < -0.4 is 16.0 Å². The first-order chi connectivity index (χ1) is 13.2. The number of aromatic carboxylic acids is 2.